The Bertz CT molecular complexity index is 491. The van der Waals surface area contributed by atoms with Crippen LogP contribution >= 0.6 is 11.3 Å². The lowest BCUT2D eigenvalue weighted by molar-refractivity contribution is 0.180. The Balaban J connectivity index is 2.06. The van der Waals surface area contributed by atoms with Gasteiger partial charge in [-0.2, -0.15) is 0 Å². The van der Waals surface area contributed by atoms with Crippen molar-refractivity contribution in [3.63, 3.8) is 0 Å². The minimum absolute atomic E-state index is 0.133. The summed E-state index contributed by atoms with van der Waals surface area (Å²) in [5.74, 6) is 0.232. The molecule has 1 aromatic rings. The van der Waals surface area contributed by atoms with Gasteiger partial charge < -0.3 is 9.84 Å². The Morgan fingerprint density at radius 3 is 3.00 bits per heavy atom. The Kier molecular flexibility index (Phi) is 4.39. The molecule has 2 unspecified atom stereocenters. The molecule has 0 saturated carbocycles. The van der Waals surface area contributed by atoms with Crippen LogP contribution in [-0.2, 0) is 21.4 Å². The van der Waals surface area contributed by atoms with Crippen LogP contribution in [0.4, 0.5) is 0 Å². The van der Waals surface area contributed by atoms with Gasteiger partial charge in [0.25, 0.3) is 0 Å². The van der Waals surface area contributed by atoms with E-state index < -0.39 is 10.0 Å². The van der Waals surface area contributed by atoms with Gasteiger partial charge in [0.15, 0.2) is 0 Å². The zero-order valence-electron chi connectivity index (χ0n) is 10.1. The summed E-state index contributed by atoms with van der Waals surface area (Å²) in [4.78, 5) is 0.870. The molecule has 18 heavy (non-hydrogen) atoms. The van der Waals surface area contributed by atoms with Crippen LogP contribution in [0.15, 0.2) is 16.3 Å². The number of hydrogen-bond acceptors (Lipinski definition) is 5. The van der Waals surface area contributed by atoms with Crippen molar-refractivity contribution in [3.05, 3.63) is 16.3 Å². The van der Waals surface area contributed by atoms with Crippen molar-refractivity contribution in [2.24, 2.45) is 5.92 Å². The zero-order chi connectivity index (χ0) is 13.2. The van der Waals surface area contributed by atoms with Crippen LogP contribution in [0.5, 0.6) is 0 Å². The third-order valence-corrected chi connectivity index (χ3v) is 5.72. The first kappa shape index (κ1) is 14.0. The minimum Gasteiger partial charge on any atom is -0.391 e. The molecule has 2 rings (SSSR count). The second-order valence-corrected chi connectivity index (χ2v) is 7.15. The van der Waals surface area contributed by atoms with Crippen LogP contribution in [-0.4, -0.2) is 32.8 Å². The van der Waals surface area contributed by atoms with E-state index in [0.29, 0.717) is 18.1 Å². The number of ether oxygens (including phenoxy) is 1. The zero-order valence-corrected chi connectivity index (χ0v) is 11.8. The van der Waals surface area contributed by atoms with Crippen LogP contribution in [0.1, 0.15) is 18.2 Å². The highest BCUT2D eigenvalue weighted by Gasteiger charge is 2.27. The molecule has 1 aliphatic heterocycles. The highest BCUT2D eigenvalue weighted by molar-refractivity contribution is 7.89. The van der Waals surface area contributed by atoms with Gasteiger partial charge in [0.2, 0.25) is 10.0 Å². The average Bonchev–Trinajstić information content (AvgIpc) is 3.00. The molecule has 0 spiro atoms. The van der Waals surface area contributed by atoms with Crippen LogP contribution in [0.3, 0.4) is 0 Å². The molecule has 1 saturated heterocycles. The van der Waals surface area contributed by atoms with Crippen molar-refractivity contribution in [2.45, 2.75) is 30.9 Å². The fraction of sp³-hybridized carbons (Fsp3) is 0.636. The SMILES string of the molecule is CC(NS(=O)(=O)c1csc(CO)c1)C1CCOC1. The molecule has 1 fully saturated rings. The monoisotopic (exact) mass is 291 g/mol. The topological polar surface area (TPSA) is 75.6 Å². The summed E-state index contributed by atoms with van der Waals surface area (Å²) in [6.07, 6.45) is 0.884. The largest absolute Gasteiger partial charge is 0.391 e. The highest BCUT2D eigenvalue weighted by Crippen LogP contribution is 2.22. The number of aliphatic hydroxyl groups excluding tert-OH is 1. The van der Waals surface area contributed by atoms with Crippen molar-refractivity contribution < 1.29 is 18.3 Å². The van der Waals surface area contributed by atoms with Gasteiger partial charge in [-0.15, -0.1) is 11.3 Å². The Hall–Kier alpha value is -0.470. The molecule has 0 bridgehead atoms. The van der Waals surface area contributed by atoms with E-state index in [-0.39, 0.29) is 23.5 Å². The maximum atomic E-state index is 12.1. The van der Waals surface area contributed by atoms with Gasteiger partial charge in [0.1, 0.15) is 0 Å². The third kappa shape index (κ3) is 3.10. The molecule has 2 atom stereocenters. The summed E-state index contributed by atoms with van der Waals surface area (Å²) >= 11 is 1.24. The summed E-state index contributed by atoms with van der Waals surface area (Å²) in [6.45, 7) is 3.03. The molecule has 1 aliphatic rings. The summed E-state index contributed by atoms with van der Waals surface area (Å²) in [5.41, 5.74) is 0. The van der Waals surface area contributed by atoms with E-state index in [1.165, 1.54) is 17.4 Å². The van der Waals surface area contributed by atoms with E-state index in [1.54, 1.807) is 5.38 Å². The number of hydrogen-bond donors (Lipinski definition) is 2. The van der Waals surface area contributed by atoms with Gasteiger partial charge in [-0.05, 0) is 19.4 Å². The lowest BCUT2D eigenvalue weighted by Gasteiger charge is -2.18. The fourth-order valence-electron chi connectivity index (χ4n) is 1.94. The van der Waals surface area contributed by atoms with Crippen LogP contribution < -0.4 is 4.72 Å². The van der Waals surface area contributed by atoms with E-state index in [9.17, 15) is 8.42 Å². The Morgan fingerprint density at radius 2 is 2.44 bits per heavy atom. The van der Waals surface area contributed by atoms with Crippen molar-refractivity contribution in [3.8, 4) is 0 Å². The predicted octanol–water partition coefficient (Wildman–Crippen LogP) is 0.944. The van der Waals surface area contributed by atoms with Gasteiger partial charge in [-0.1, -0.05) is 0 Å². The number of rotatable bonds is 5. The van der Waals surface area contributed by atoms with E-state index in [1.807, 2.05) is 6.92 Å². The van der Waals surface area contributed by atoms with E-state index in [0.717, 1.165) is 6.42 Å². The molecule has 5 nitrogen and oxygen atoms in total. The summed E-state index contributed by atoms with van der Waals surface area (Å²) < 4.78 is 32.1. The molecule has 0 amide bonds. The molecule has 0 aromatic carbocycles. The average molecular weight is 291 g/mol. The van der Waals surface area contributed by atoms with E-state index in [4.69, 9.17) is 9.84 Å². The first-order valence-corrected chi connectivity index (χ1v) is 8.17. The summed E-state index contributed by atoms with van der Waals surface area (Å²) in [7, 11) is -3.49. The van der Waals surface area contributed by atoms with Gasteiger partial charge in [-0.25, -0.2) is 13.1 Å². The van der Waals surface area contributed by atoms with Crippen molar-refractivity contribution >= 4 is 21.4 Å². The van der Waals surface area contributed by atoms with Gasteiger partial charge >= 0.3 is 0 Å². The number of thiophene rings is 1. The molecule has 7 heteroatoms. The van der Waals surface area contributed by atoms with E-state index in [2.05, 4.69) is 4.72 Å². The number of nitrogens with one attached hydrogen (secondary N) is 1. The first-order valence-electron chi connectivity index (χ1n) is 5.81. The van der Waals surface area contributed by atoms with Crippen LogP contribution in [0.2, 0.25) is 0 Å². The minimum atomic E-state index is -3.49. The van der Waals surface area contributed by atoms with Crippen molar-refractivity contribution in [1.29, 1.82) is 0 Å². The maximum absolute atomic E-state index is 12.1. The molecule has 102 valence electrons. The number of sulfonamides is 1. The molecular formula is C11H17NO4S2. The third-order valence-electron chi connectivity index (χ3n) is 3.11. The molecule has 1 aromatic heterocycles. The normalized spacial score (nSPS) is 22.2. The Morgan fingerprint density at radius 1 is 1.67 bits per heavy atom. The van der Waals surface area contributed by atoms with Gasteiger partial charge in [0.05, 0.1) is 18.1 Å². The van der Waals surface area contributed by atoms with Crippen LogP contribution in [0, 0.1) is 5.92 Å². The molecular weight excluding hydrogens is 274 g/mol. The lowest BCUT2D eigenvalue weighted by atomic mass is 10.0. The van der Waals surface area contributed by atoms with Gasteiger partial charge in [0, 0.05) is 28.8 Å². The molecule has 2 heterocycles. The quantitative estimate of drug-likeness (QED) is 0.846. The molecule has 0 radical (unpaired) electrons. The highest BCUT2D eigenvalue weighted by atomic mass is 32.2. The van der Waals surface area contributed by atoms with Crippen molar-refractivity contribution in [2.75, 3.05) is 13.2 Å². The molecule has 0 aliphatic carbocycles. The van der Waals surface area contributed by atoms with Crippen molar-refractivity contribution in [1.82, 2.24) is 4.72 Å². The molecule has 2 N–H and O–H groups in total. The second kappa shape index (κ2) is 5.66. The second-order valence-electron chi connectivity index (χ2n) is 4.44. The maximum Gasteiger partial charge on any atom is 0.241 e. The van der Waals surface area contributed by atoms with E-state index >= 15 is 0 Å². The smallest absolute Gasteiger partial charge is 0.241 e. The lowest BCUT2D eigenvalue weighted by Crippen LogP contribution is -2.38. The predicted molar refractivity (Wildman–Crippen MR) is 69.0 cm³/mol. The van der Waals surface area contributed by atoms with Crippen LogP contribution in [0.25, 0.3) is 0 Å². The van der Waals surface area contributed by atoms with Gasteiger partial charge in [-0.3, -0.25) is 0 Å². The number of aliphatic hydroxyl groups is 1. The standard InChI is InChI=1S/C11H17NO4S2/c1-8(9-2-3-16-6-9)12-18(14,15)11-4-10(5-13)17-7-11/h4,7-9,12-13H,2-3,5-6H2,1H3. The summed E-state index contributed by atoms with van der Waals surface area (Å²) in [6, 6.07) is 1.36. The fourth-order valence-corrected chi connectivity index (χ4v) is 4.39. The summed E-state index contributed by atoms with van der Waals surface area (Å²) in [5, 5.41) is 10.5. The first-order chi connectivity index (χ1) is 8.53. The Labute approximate surface area is 111 Å².